The van der Waals surface area contributed by atoms with Crippen molar-refractivity contribution in [2.24, 2.45) is 0 Å². The molecule has 0 radical (unpaired) electrons. The van der Waals surface area contributed by atoms with E-state index in [9.17, 15) is 9.59 Å². The summed E-state index contributed by atoms with van der Waals surface area (Å²) >= 11 is 0. The third-order valence-electron chi connectivity index (χ3n) is 3.95. The van der Waals surface area contributed by atoms with Gasteiger partial charge >= 0.3 is 0 Å². The summed E-state index contributed by atoms with van der Waals surface area (Å²) in [7, 11) is 1.67. The van der Waals surface area contributed by atoms with Crippen molar-refractivity contribution in [2.45, 2.75) is 25.8 Å². The minimum Gasteiger partial charge on any atom is -0.337 e. The Balaban J connectivity index is 1.70. The van der Waals surface area contributed by atoms with E-state index in [1.54, 1.807) is 11.9 Å². The molecule has 0 bridgehead atoms. The van der Waals surface area contributed by atoms with Crippen LogP contribution >= 0.6 is 0 Å². The van der Waals surface area contributed by atoms with E-state index in [2.05, 4.69) is 10.1 Å². The molecule has 0 aliphatic carbocycles. The zero-order valence-electron chi connectivity index (χ0n) is 13.1. The molecule has 7 heteroatoms. The second-order valence-corrected chi connectivity index (χ2v) is 5.66. The highest BCUT2D eigenvalue weighted by atomic mass is 16.5. The van der Waals surface area contributed by atoms with Crippen LogP contribution in [0, 0.1) is 0 Å². The summed E-state index contributed by atoms with van der Waals surface area (Å²) in [6, 6.07) is 9.53. The molecule has 1 aliphatic heterocycles. The van der Waals surface area contributed by atoms with Crippen LogP contribution in [0.1, 0.15) is 31.0 Å². The number of carbonyl (C=O) groups is 2. The van der Waals surface area contributed by atoms with E-state index < -0.39 is 0 Å². The molecular formula is C16H18N4O3. The molecular weight excluding hydrogens is 296 g/mol. The Bertz CT molecular complexity index is 713. The number of carbonyl (C=O) groups excluding carboxylic acids is 2. The van der Waals surface area contributed by atoms with E-state index in [4.69, 9.17) is 4.52 Å². The molecule has 1 atom stereocenters. The third kappa shape index (κ3) is 3.23. The van der Waals surface area contributed by atoms with E-state index in [0.717, 1.165) is 5.69 Å². The molecule has 2 amide bonds. The lowest BCUT2D eigenvalue weighted by Gasteiger charge is -2.15. The second kappa shape index (κ2) is 6.20. The highest BCUT2D eigenvalue weighted by molar-refractivity contribution is 5.96. The highest BCUT2D eigenvalue weighted by Crippen LogP contribution is 2.30. The molecule has 0 N–H and O–H groups in total. The van der Waals surface area contributed by atoms with Gasteiger partial charge < -0.3 is 14.3 Å². The Morgan fingerprint density at radius 3 is 2.83 bits per heavy atom. The number of anilines is 1. The van der Waals surface area contributed by atoms with Gasteiger partial charge in [0.1, 0.15) is 0 Å². The Labute approximate surface area is 133 Å². The van der Waals surface area contributed by atoms with Gasteiger partial charge in [-0.25, -0.2) is 0 Å². The van der Waals surface area contributed by atoms with Gasteiger partial charge in [0, 0.05) is 38.5 Å². The maximum Gasteiger partial charge on any atom is 0.246 e. The summed E-state index contributed by atoms with van der Waals surface area (Å²) in [5.41, 5.74) is 0.875. The second-order valence-electron chi connectivity index (χ2n) is 5.66. The lowest BCUT2D eigenvalue weighted by Crippen LogP contribution is -2.24. The number of hydrogen-bond acceptors (Lipinski definition) is 5. The molecule has 120 valence electrons. The van der Waals surface area contributed by atoms with E-state index in [-0.39, 0.29) is 24.3 Å². The van der Waals surface area contributed by atoms with Crippen molar-refractivity contribution in [2.75, 3.05) is 18.5 Å². The van der Waals surface area contributed by atoms with Crippen molar-refractivity contribution in [3.8, 4) is 0 Å². The van der Waals surface area contributed by atoms with E-state index >= 15 is 0 Å². The lowest BCUT2D eigenvalue weighted by atomic mass is 10.1. The van der Waals surface area contributed by atoms with Crippen LogP contribution < -0.4 is 4.90 Å². The molecule has 2 heterocycles. The van der Waals surface area contributed by atoms with Crippen molar-refractivity contribution in [1.82, 2.24) is 15.0 Å². The average molecular weight is 314 g/mol. The molecule has 2 aromatic rings. The van der Waals surface area contributed by atoms with Crippen molar-refractivity contribution in [3.05, 3.63) is 42.0 Å². The standard InChI is InChI=1S/C16H18N4O3/c1-11(21)19(2)10-14-17-16(18-23-14)12-8-15(22)20(9-12)13-6-4-3-5-7-13/h3-7,12H,8-10H2,1-2H3/t12-/m0/s1. The zero-order valence-corrected chi connectivity index (χ0v) is 13.1. The topological polar surface area (TPSA) is 79.5 Å². The first kappa shape index (κ1) is 15.2. The quantitative estimate of drug-likeness (QED) is 0.856. The van der Waals surface area contributed by atoms with Crippen molar-refractivity contribution < 1.29 is 14.1 Å². The summed E-state index contributed by atoms with van der Waals surface area (Å²) in [6.45, 7) is 2.28. The van der Waals surface area contributed by atoms with Gasteiger partial charge in [-0.2, -0.15) is 4.98 Å². The minimum absolute atomic E-state index is 0.0494. The first-order chi connectivity index (χ1) is 11.0. The van der Waals surface area contributed by atoms with Crippen molar-refractivity contribution in [1.29, 1.82) is 0 Å². The first-order valence-corrected chi connectivity index (χ1v) is 7.44. The van der Waals surface area contributed by atoms with E-state index in [0.29, 0.717) is 24.7 Å². The number of aromatic nitrogens is 2. The largest absolute Gasteiger partial charge is 0.337 e. The van der Waals surface area contributed by atoms with Crippen LogP contribution in [0.2, 0.25) is 0 Å². The smallest absolute Gasteiger partial charge is 0.246 e. The number of para-hydroxylation sites is 1. The predicted octanol–water partition coefficient (Wildman–Crippen LogP) is 1.57. The fourth-order valence-corrected chi connectivity index (χ4v) is 2.55. The fraction of sp³-hybridized carbons (Fsp3) is 0.375. The molecule has 1 saturated heterocycles. The van der Waals surface area contributed by atoms with Gasteiger partial charge in [0.2, 0.25) is 17.7 Å². The molecule has 0 unspecified atom stereocenters. The number of benzene rings is 1. The normalized spacial score (nSPS) is 17.6. The van der Waals surface area contributed by atoms with Crippen LogP contribution in [-0.4, -0.2) is 40.4 Å². The summed E-state index contributed by atoms with van der Waals surface area (Å²) in [5.74, 6) is 0.777. The van der Waals surface area contributed by atoms with Crippen LogP contribution in [0.5, 0.6) is 0 Å². The first-order valence-electron chi connectivity index (χ1n) is 7.44. The third-order valence-corrected chi connectivity index (χ3v) is 3.95. The Morgan fingerprint density at radius 1 is 1.39 bits per heavy atom. The lowest BCUT2D eigenvalue weighted by molar-refractivity contribution is -0.128. The highest BCUT2D eigenvalue weighted by Gasteiger charge is 2.34. The molecule has 0 spiro atoms. The Kier molecular flexibility index (Phi) is 4.10. The van der Waals surface area contributed by atoms with Crippen molar-refractivity contribution >= 4 is 17.5 Å². The van der Waals surface area contributed by atoms with Gasteiger partial charge in [-0.3, -0.25) is 9.59 Å². The van der Waals surface area contributed by atoms with E-state index in [1.807, 2.05) is 30.3 Å². The summed E-state index contributed by atoms with van der Waals surface area (Å²) < 4.78 is 5.19. The van der Waals surface area contributed by atoms with Gasteiger partial charge in [0.15, 0.2) is 5.82 Å². The fourth-order valence-electron chi connectivity index (χ4n) is 2.55. The van der Waals surface area contributed by atoms with Gasteiger partial charge in [-0.1, -0.05) is 23.4 Å². The molecule has 1 aromatic heterocycles. The molecule has 0 saturated carbocycles. The van der Waals surface area contributed by atoms with Gasteiger partial charge in [-0.05, 0) is 12.1 Å². The minimum atomic E-state index is -0.0946. The average Bonchev–Trinajstić information content (AvgIpc) is 3.14. The van der Waals surface area contributed by atoms with Crippen LogP contribution in [0.4, 0.5) is 5.69 Å². The number of hydrogen-bond donors (Lipinski definition) is 0. The van der Waals surface area contributed by atoms with Crippen LogP contribution in [0.3, 0.4) is 0 Å². The predicted molar refractivity (Wildman–Crippen MR) is 82.6 cm³/mol. The molecule has 3 rings (SSSR count). The van der Waals surface area contributed by atoms with Gasteiger partial charge in [-0.15, -0.1) is 0 Å². The van der Waals surface area contributed by atoms with Crippen LogP contribution in [-0.2, 0) is 16.1 Å². The summed E-state index contributed by atoms with van der Waals surface area (Å²) in [4.78, 5) is 31.0. The maximum atomic E-state index is 12.2. The molecule has 1 aliphatic rings. The Hall–Kier alpha value is -2.70. The van der Waals surface area contributed by atoms with Crippen molar-refractivity contribution in [3.63, 3.8) is 0 Å². The molecule has 7 nitrogen and oxygen atoms in total. The van der Waals surface area contributed by atoms with Crippen LogP contribution in [0.25, 0.3) is 0 Å². The monoisotopic (exact) mass is 314 g/mol. The number of nitrogens with zero attached hydrogens (tertiary/aromatic N) is 4. The van der Waals surface area contributed by atoms with Crippen LogP contribution in [0.15, 0.2) is 34.9 Å². The Morgan fingerprint density at radius 2 is 2.13 bits per heavy atom. The summed E-state index contributed by atoms with van der Waals surface area (Å²) in [5, 5.41) is 3.97. The van der Waals surface area contributed by atoms with Gasteiger partial charge in [0.05, 0.1) is 6.54 Å². The molecule has 1 fully saturated rings. The SMILES string of the molecule is CC(=O)N(C)Cc1nc([C@H]2CC(=O)N(c3ccccc3)C2)no1. The number of rotatable bonds is 4. The molecule has 23 heavy (non-hydrogen) atoms. The molecule has 1 aromatic carbocycles. The van der Waals surface area contributed by atoms with Gasteiger partial charge in [0.25, 0.3) is 0 Å². The maximum absolute atomic E-state index is 12.2. The zero-order chi connectivity index (χ0) is 16.4. The van der Waals surface area contributed by atoms with E-state index in [1.165, 1.54) is 11.8 Å². The number of amides is 2. The summed E-state index contributed by atoms with van der Waals surface area (Å²) in [6.07, 6.45) is 0.358.